The third-order valence-electron chi connectivity index (χ3n) is 4.41. The second-order valence-corrected chi connectivity index (χ2v) is 5.79. The molecular weight excluding hydrogens is 264 g/mol. The van der Waals surface area contributed by atoms with E-state index in [0.717, 1.165) is 24.0 Å². The number of anilines is 1. The molecule has 1 aliphatic heterocycles. The predicted octanol–water partition coefficient (Wildman–Crippen LogP) is 3.10. The maximum atomic E-state index is 12.6. The van der Waals surface area contributed by atoms with Gasteiger partial charge in [0.2, 0.25) is 5.91 Å². The summed E-state index contributed by atoms with van der Waals surface area (Å²) in [6.07, 6.45) is 7.16. The first kappa shape index (κ1) is 13.9. The molecule has 0 atom stereocenters. The van der Waals surface area contributed by atoms with E-state index in [-0.39, 0.29) is 11.8 Å². The number of hydrogen-bond acceptors (Lipinski definition) is 2. The summed E-state index contributed by atoms with van der Waals surface area (Å²) >= 11 is 0. The second kappa shape index (κ2) is 5.72. The van der Waals surface area contributed by atoms with Crippen molar-refractivity contribution in [2.24, 2.45) is 0 Å². The molecule has 4 heteroatoms. The van der Waals surface area contributed by atoms with Gasteiger partial charge in [0, 0.05) is 23.8 Å². The van der Waals surface area contributed by atoms with Crippen molar-refractivity contribution in [1.82, 2.24) is 4.90 Å². The summed E-state index contributed by atoms with van der Waals surface area (Å²) in [7, 11) is 0. The molecule has 0 saturated heterocycles. The molecule has 110 valence electrons. The third-order valence-corrected chi connectivity index (χ3v) is 4.41. The number of nitrogens with zero attached hydrogens (tertiary/aromatic N) is 1. The van der Waals surface area contributed by atoms with Crippen LogP contribution in [0.15, 0.2) is 30.9 Å². The van der Waals surface area contributed by atoms with Crippen LogP contribution in [0.3, 0.4) is 0 Å². The number of rotatable bonds is 3. The normalized spacial score (nSPS) is 18.5. The molecule has 1 heterocycles. The predicted molar refractivity (Wildman–Crippen MR) is 82.0 cm³/mol. The fourth-order valence-corrected chi connectivity index (χ4v) is 3.28. The number of nitrogens with one attached hydrogen (secondary N) is 1. The average Bonchev–Trinajstić information content (AvgIpc) is 2.85. The van der Waals surface area contributed by atoms with E-state index in [1.165, 1.54) is 25.3 Å². The van der Waals surface area contributed by atoms with Crippen LogP contribution in [0.4, 0.5) is 5.69 Å². The highest BCUT2D eigenvalue weighted by molar-refractivity contribution is 6.02. The zero-order valence-corrected chi connectivity index (χ0v) is 12.1. The van der Waals surface area contributed by atoms with Crippen LogP contribution in [-0.4, -0.2) is 22.8 Å². The van der Waals surface area contributed by atoms with Gasteiger partial charge in [-0.1, -0.05) is 31.9 Å². The Kier molecular flexibility index (Phi) is 3.78. The Morgan fingerprint density at radius 1 is 1.29 bits per heavy atom. The number of carbonyl (C=O) groups excluding carboxylic acids is 2. The van der Waals surface area contributed by atoms with E-state index in [0.29, 0.717) is 18.3 Å². The van der Waals surface area contributed by atoms with E-state index in [2.05, 4.69) is 11.9 Å². The van der Waals surface area contributed by atoms with Gasteiger partial charge in [0.25, 0.3) is 5.91 Å². The Bertz CT molecular complexity index is 588. The summed E-state index contributed by atoms with van der Waals surface area (Å²) in [4.78, 5) is 25.9. The van der Waals surface area contributed by atoms with Gasteiger partial charge in [-0.25, -0.2) is 0 Å². The van der Waals surface area contributed by atoms with Gasteiger partial charge in [0.15, 0.2) is 0 Å². The van der Waals surface area contributed by atoms with E-state index >= 15 is 0 Å². The Labute approximate surface area is 124 Å². The van der Waals surface area contributed by atoms with E-state index in [1.54, 1.807) is 6.07 Å². The van der Waals surface area contributed by atoms with Gasteiger partial charge in [-0.05, 0) is 36.6 Å². The number of amides is 2. The lowest BCUT2D eigenvalue weighted by atomic mass is 9.94. The van der Waals surface area contributed by atoms with E-state index in [1.807, 2.05) is 17.0 Å². The summed E-state index contributed by atoms with van der Waals surface area (Å²) in [5, 5.41) is 2.71. The molecule has 4 nitrogen and oxygen atoms in total. The van der Waals surface area contributed by atoms with Crippen molar-refractivity contribution in [2.75, 3.05) is 5.32 Å². The van der Waals surface area contributed by atoms with E-state index in [4.69, 9.17) is 0 Å². The van der Waals surface area contributed by atoms with Crippen LogP contribution in [0, 0.1) is 0 Å². The topological polar surface area (TPSA) is 49.4 Å². The monoisotopic (exact) mass is 284 g/mol. The minimum absolute atomic E-state index is 0.103. The maximum absolute atomic E-state index is 12.6. The molecule has 0 bridgehead atoms. The van der Waals surface area contributed by atoms with E-state index in [9.17, 15) is 9.59 Å². The van der Waals surface area contributed by atoms with Crippen LogP contribution < -0.4 is 5.32 Å². The molecule has 1 N–H and O–H groups in total. The lowest BCUT2D eigenvalue weighted by molar-refractivity contribution is -0.111. The first-order valence-corrected chi connectivity index (χ1v) is 7.56. The molecule has 1 aliphatic carbocycles. The second-order valence-electron chi connectivity index (χ2n) is 5.79. The molecule has 2 aliphatic rings. The highest BCUT2D eigenvalue weighted by atomic mass is 16.2. The number of hydrogen-bond donors (Lipinski definition) is 1. The van der Waals surface area contributed by atoms with Crippen LogP contribution in [-0.2, 0) is 11.3 Å². The molecule has 1 saturated carbocycles. The summed E-state index contributed by atoms with van der Waals surface area (Å²) in [5.74, 6) is -0.156. The van der Waals surface area contributed by atoms with Crippen LogP contribution in [0.5, 0.6) is 0 Å². The van der Waals surface area contributed by atoms with Crippen molar-refractivity contribution in [3.05, 3.63) is 42.0 Å². The van der Waals surface area contributed by atoms with Crippen LogP contribution >= 0.6 is 0 Å². The standard InChI is InChI=1S/C17H20N2O2/c1-2-16(20)18-13-9-8-12-11-19(17(21)15(12)10-13)14-6-4-3-5-7-14/h2,8-10,14H,1,3-7,11H2,(H,18,20). The lowest BCUT2D eigenvalue weighted by Gasteiger charge is -2.30. The SMILES string of the molecule is C=CC(=O)Nc1ccc2c(c1)C(=O)N(C1CCCCC1)C2. The van der Waals surface area contributed by atoms with Crippen molar-refractivity contribution in [2.45, 2.75) is 44.7 Å². The van der Waals surface area contributed by atoms with Crippen LogP contribution in [0.25, 0.3) is 0 Å². The highest BCUT2D eigenvalue weighted by Crippen LogP contribution is 2.32. The van der Waals surface area contributed by atoms with Gasteiger partial charge in [-0.3, -0.25) is 9.59 Å². The number of carbonyl (C=O) groups is 2. The number of benzene rings is 1. The maximum Gasteiger partial charge on any atom is 0.254 e. The zero-order chi connectivity index (χ0) is 14.8. The van der Waals surface area contributed by atoms with Gasteiger partial charge in [0.05, 0.1) is 0 Å². The zero-order valence-electron chi connectivity index (χ0n) is 12.1. The lowest BCUT2D eigenvalue weighted by Crippen LogP contribution is -2.36. The minimum Gasteiger partial charge on any atom is -0.331 e. The summed E-state index contributed by atoms with van der Waals surface area (Å²) in [6, 6.07) is 5.94. The van der Waals surface area contributed by atoms with Gasteiger partial charge < -0.3 is 10.2 Å². The van der Waals surface area contributed by atoms with Crippen molar-refractivity contribution in [3.63, 3.8) is 0 Å². The van der Waals surface area contributed by atoms with Crippen molar-refractivity contribution >= 4 is 17.5 Å². The molecule has 0 unspecified atom stereocenters. The Hall–Kier alpha value is -2.10. The Morgan fingerprint density at radius 3 is 2.76 bits per heavy atom. The summed E-state index contributed by atoms with van der Waals surface area (Å²) in [6.45, 7) is 4.13. The molecule has 0 radical (unpaired) electrons. The fourth-order valence-electron chi connectivity index (χ4n) is 3.28. The molecular formula is C17H20N2O2. The summed E-state index contributed by atoms with van der Waals surface area (Å²) < 4.78 is 0. The molecule has 1 aromatic carbocycles. The average molecular weight is 284 g/mol. The molecule has 3 rings (SSSR count). The Morgan fingerprint density at radius 2 is 2.05 bits per heavy atom. The Balaban J connectivity index is 1.79. The van der Waals surface area contributed by atoms with Gasteiger partial charge in [0.1, 0.15) is 0 Å². The smallest absolute Gasteiger partial charge is 0.254 e. The van der Waals surface area contributed by atoms with Gasteiger partial charge in [-0.2, -0.15) is 0 Å². The van der Waals surface area contributed by atoms with Crippen LogP contribution in [0.1, 0.15) is 48.0 Å². The van der Waals surface area contributed by atoms with Crippen LogP contribution in [0.2, 0.25) is 0 Å². The number of fused-ring (bicyclic) bond motifs is 1. The molecule has 21 heavy (non-hydrogen) atoms. The summed E-state index contributed by atoms with van der Waals surface area (Å²) in [5.41, 5.74) is 2.43. The molecule has 1 fully saturated rings. The first-order valence-electron chi connectivity index (χ1n) is 7.56. The van der Waals surface area contributed by atoms with Gasteiger partial charge >= 0.3 is 0 Å². The molecule has 0 aromatic heterocycles. The molecule has 1 aromatic rings. The minimum atomic E-state index is -0.260. The van der Waals surface area contributed by atoms with Crippen molar-refractivity contribution < 1.29 is 9.59 Å². The first-order chi connectivity index (χ1) is 10.2. The highest BCUT2D eigenvalue weighted by Gasteiger charge is 2.33. The van der Waals surface area contributed by atoms with Crippen molar-refractivity contribution in [3.8, 4) is 0 Å². The largest absolute Gasteiger partial charge is 0.331 e. The third kappa shape index (κ3) is 2.71. The van der Waals surface area contributed by atoms with Gasteiger partial charge in [-0.15, -0.1) is 0 Å². The molecule has 2 amide bonds. The quantitative estimate of drug-likeness (QED) is 0.867. The van der Waals surface area contributed by atoms with Crippen molar-refractivity contribution in [1.29, 1.82) is 0 Å². The fraction of sp³-hybridized carbons (Fsp3) is 0.412. The van der Waals surface area contributed by atoms with E-state index < -0.39 is 0 Å². The molecule has 0 spiro atoms.